The summed E-state index contributed by atoms with van der Waals surface area (Å²) in [5, 5.41) is 7.24. The number of benzene rings is 1. The molecule has 0 aliphatic carbocycles. The average Bonchev–Trinajstić information content (AvgIpc) is 2.82. The molecule has 0 spiro atoms. The van der Waals surface area contributed by atoms with Crippen LogP contribution >= 0.6 is 0 Å². The largest absolute Gasteiger partial charge is 0.393 e. The van der Waals surface area contributed by atoms with Crippen LogP contribution in [0.1, 0.15) is 11.4 Å². The first-order chi connectivity index (χ1) is 10.6. The Labute approximate surface area is 126 Å². The van der Waals surface area contributed by atoms with Crippen molar-refractivity contribution in [2.45, 2.75) is 13.8 Å². The minimum Gasteiger partial charge on any atom is -0.393 e. The topological polar surface area (TPSA) is 81.7 Å². The van der Waals surface area contributed by atoms with Crippen molar-refractivity contribution in [2.75, 3.05) is 11.1 Å². The highest BCUT2D eigenvalue weighted by molar-refractivity contribution is 5.74. The Morgan fingerprint density at radius 3 is 2.64 bits per heavy atom. The van der Waals surface area contributed by atoms with Gasteiger partial charge in [0, 0.05) is 5.69 Å². The zero-order valence-corrected chi connectivity index (χ0v) is 12.2. The SMILES string of the molecule is Cc1cc(C)n(-c2ncnc(Nc3ccccc3F)c2N)n1. The van der Waals surface area contributed by atoms with E-state index in [1.54, 1.807) is 22.9 Å². The van der Waals surface area contributed by atoms with E-state index in [0.29, 0.717) is 23.0 Å². The Balaban J connectivity index is 2.03. The molecule has 2 aromatic heterocycles. The number of nitrogen functional groups attached to an aromatic ring is 1. The fourth-order valence-electron chi connectivity index (χ4n) is 2.19. The van der Waals surface area contributed by atoms with Crippen molar-refractivity contribution in [3.63, 3.8) is 0 Å². The van der Waals surface area contributed by atoms with Gasteiger partial charge in [-0.2, -0.15) is 5.10 Å². The van der Waals surface area contributed by atoms with E-state index < -0.39 is 0 Å². The first-order valence-electron chi connectivity index (χ1n) is 6.72. The van der Waals surface area contributed by atoms with Crippen LogP contribution in [0.25, 0.3) is 5.82 Å². The van der Waals surface area contributed by atoms with Crippen LogP contribution in [0.15, 0.2) is 36.7 Å². The van der Waals surface area contributed by atoms with E-state index in [1.807, 2.05) is 19.9 Å². The van der Waals surface area contributed by atoms with E-state index in [9.17, 15) is 4.39 Å². The fraction of sp³-hybridized carbons (Fsp3) is 0.133. The predicted octanol–water partition coefficient (Wildman–Crippen LogP) is 2.74. The van der Waals surface area contributed by atoms with Gasteiger partial charge in [0.2, 0.25) is 0 Å². The molecule has 0 bridgehead atoms. The molecule has 0 atom stereocenters. The summed E-state index contributed by atoms with van der Waals surface area (Å²) in [5.41, 5.74) is 8.48. The Morgan fingerprint density at radius 2 is 1.95 bits per heavy atom. The zero-order valence-electron chi connectivity index (χ0n) is 12.2. The van der Waals surface area contributed by atoms with Gasteiger partial charge in [0.25, 0.3) is 0 Å². The lowest BCUT2D eigenvalue weighted by Crippen LogP contribution is -2.10. The second-order valence-electron chi connectivity index (χ2n) is 4.90. The number of rotatable bonds is 3. The molecule has 3 aromatic rings. The summed E-state index contributed by atoms with van der Waals surface area (Å²) in [6, 6.07) is 8.24. The van der Waals surface area contributed by atoms with Crippen LogP contribution < -0.4 is 11.1 Å². The Morgan fingerprint density at radius 1 is 1.18 bits per heavy atom. The fourth-order valence-corrected chi connectivity index (χ4v) is 2.19. The third kappa shape index (κ3) is 2.48. The molecule has 0 amide bonds. The zero-order chi connectivity index (χ0) is 15.7. The quantitative estimate of drug-likeness (QED) is 0.777. The van der Waals surface area contributed by atoms with Crippen molar-refractivity contribution < 1.29 is 4.39 Å². The van der Waals surface area contributed by atoms with Crippen LogP contribution in [-0.4, -0.2) is 19.7 Å². The average molecular weight is 298 g/mol. The molecule has 0 aliphatic heterocycles. The summed E-state index contributed by atoms with van der Waals surface area (Å²) in [7, 11) is 0. The highest BCUT2D eigenvalue weighted by atomic mass is 19.1. The maximum absolute atomic E-state index is 13.7. The van der Waals surface area contributed by atoms with E-state index in [0.717, 1.165) is 11.4 Å². The molecule has 7 heteroatoms. The van der Waals surface area contributed by atoms with Gasteiger partial charge in [-0.15, -0.1) is 0 Å². The van der Waals surface area contributed by atoms with Crippen molar-refractivity contribution in [2.24, 2.45) is 0 Å². The molecule has 3 N–H and O–H groups in total. The molecule has 112 valence electrons. The van der Waals surface area contributed by atoms with Crippen LogP contribution in [0.2, 0.25) is 0 Å². The minimum atomic E-state index is -0.381. The number of nitrogens with two attached hydrogens (primary N) is 1. The lowest BCUT2D eigenvalue weighted by atomic mass is 10.3. The molecular weight excluding hydrogens is 283 g/mol. The molecule has 6 nitrogen and oxygen atoms in total. The Kier molecular flexibility index (Phi) is 3.46. The maximum Gasteiger partial charge on any atom is 0.182 e. The van der Waals surface area contributed by atoms with Gasteiger partial charge in [-0.25, -0.2) is 19.0 Å². The van der Waals surface area contributed by atoms with Crippen LogP contribution in [0.3, 0.4) is 0 Å². The minimum absolute atomic E-state index is 0.298. The number of nitrogens with zero attached hydrogens (tertiary/aromatic N) is 4. The van der Waals surface area contributed by atoms with Crippen molar-refractivity contribution in [3.8, 4) is 5.82 Å². The van der Waals surface area contributed by atoms with E-state index in [4.69, 9.17) is 5.73 Å². The highest BCUT2D eigenvalue weighted by Crippen LogP contribution is 2.26. The summed E-state index contributed by atoms with van der Waals surface area (Å²) in [5.74, 6) is 0.412. The van der Waals surface area contributed by atoms with Crippen molar-refractivity contribution in [1.82, 2.24) is 19.7 Å². The van der Waals surface area contributed by atoms with Crippen LogP contribution in [0.5, 0.6) is 0 Å². The number of aryl methyl sites for hydroxylation is 2. The van der Waals surface area contributed by atoms with E-state index in [2.05, 4.69) is 20.4 Å². The number of nitrogens with one attached hydrogen (secondary N) is 1. The normalized spacial score (nSPS) is 10.7. The monoisotopic (exact) mass is 298 g/mol. The van der Waals surface area contributed by atoms with Gasteiger partial charge < -0.3 is 11.1 Å². The lowest BCUT2D eigenvalue weighted by Gasteiger charge is -2.12. The first kappa shape index (κ1) is 14.0. The number of hydrogen-bond acceptors (Lipinski definition) is 5. The highest BCUT2D eigenvalue weighted by Gasteiger charge is 2.14. The molecular formula is C15H15FN6. The molecule has 0 saturated carbocycles. The lowest BCUT2D eigenvalue weighted by molar-refractivity contribution is 0.632. The van der Waals surface area contributed by atoms with Gasteiger partial charge in [0.05, 0.1) is 11.4 Å². The molecule has 3 rings (SSSR count). The molecule has 0 saturated heterocycles. The molecule has 0 radical (unpaired) electrons. The molecule has 2 heterocycles. The number of hydrogen-bond donors (Lipinski definition) is 2. The molecule has 1 aromatic carbocycles. The third-order valence-corrected chi connectivity index (χ3v) is 3.20. The Hall–Kier alpha value is -2.96. The Bertz CT molecular complexity index is 827. The molecule has 22 heavy (non-hydrogen) atoms. The number of halogens is 1. The second-order valence-corrected chi connectivity index (χ2v) is 4.90. The first-order valence-corrected chi connectivity index (χ1v) is 6.72. The molecule has 0 aliphatic rings. The summed E-state index contributed by atoms with van der Waals surface area (Å²) >= 11 is 0. The van der Waals surface area contributed by atoms with E-state index in [1.165, 1.54) is 12.4 Å². The summed E-state index contributed by atoms with van der Waals surface area (Å²) < 4.78 is 15.4. The van der Waals surface area contributed by atoms with Gasteiger partial charge >= 0.3 is 0 Å². The summed E-state index contributed by atoms with van der Waals surface area (Å²) in [6.45, 7) is 3.80. The predicted molar refractivity (Wildman–Crippen MR) is 82.7 cm³/mol. The third-order valence-electron chi connectivity index (χ3n) is 3.20. The standard InChI is InChI=1S/C15H15FN6/c1-9-7-10(2)22(21-9)15-13(17)14(18-8-19-15)20-12-6-4-3-5-11(12)16/h3-8H,17H2,1-2H3,(H,18,19,20). The summed E-state index contributed by atoms with van der Waals surface area (Å²) in [6.07, 6.45) is 1.37. The van der Waals surface area contributed by atoms with E-state index >= 15 is 0 Å². The number of anilines is 3. The van der Waals surface area contributed by atoms with E-state index in [-0.39, 0.29) is 5.82 Å². The number of para-hydroxylation sites is 1. The van der Waals surface area contributed by atoms with Gasteiger partial charge in [0.1, 0.15) is 17.8 Å². The maximum atomic E-state index is 13.7. The van der Waals surface area contributed by atoms with Crippen LogP contribution in [-0.2, 0) is 0 Å². The summed E-state index contributed by atoms with van der Waals surface area (Å²) in [4.78, 5) is 8.26. The van der Waals surface area contributed by atoms with Crippen LogP contribution in [0.4, 0.5) is 21.6 Å². The second kappa shape index (κ2) is 5.44. The molecule has 0 fully saturated rings. The smallest absolute Gasteiger partial charge is 0.182 e. The van der Waals surface area contributed by atoms with Gasteiger partial charge in [0.15, 0.2) is 11.6 Å². The number of aromatic nitrogens is 4. The van der Waals surface area contributed by atoms with Gasteiger partial charge in [-0.3, -0.25) is 0 Å². The van der Waals surface area contributed by atoms with Crippen LogP contribution in [0, 0.1) is 19.7 Å². The van der Waals surface area contributed by atoms with Crippen molar-refractivity contribution >= 4 is 17.2 Å². The van der Waals surface area contributed by atoms with Crippen molar-refractivity contribution in [3.05, 3.63) is 53.9 Å². The molecule has 0 unspecified atom stereocenters. The van der Waals surface area contributed by atoms with Crippen molar-refractivity contribution in [1.29, 1.82) is 0 Å². The van der Waals surface area contributed by atoms with Gasteiger partial charge in [-0.05, 0) is 32.0 Å². The van der Waals surface area contributed by atoms with Gasteiger partial charge in [-0.1, -0.05) is 12.1 Å².